The van der Waals surface area contributed by atoms with Crippen molar-refractivity contribution in [2.75, 3.05) is 6.61 Å². The van der Waals surface area contributed by atoms with Gasteiger partial charge >= 0.3 is 5.69 Å². The Hall–Kier alpha value is -2.18. The zero-order chi connectivity index (χ0) is 12.1. The van der Waals surface area contributed by atoms with Gasteiger partial charge in [-0.1, -0.05) is 17.2 Å². The number of hydrogen-bond donors (Lipinski definition) is 1. The van der Waals surface area contributed by atoms with Crippen molar-refractivity contribution in [1.29, 1.82) is 0 Å². The van der Waals surface area contributed by atoms with Gasteiger partial charge in [-0.2, -0.15) is 4.39 Å². The van der Waals surface area contributed by atoms with Crippen molar-refractivity contribution < 1.29 is 14.4 Å². The molecule has 0 fully saturated rings. The van der Waals surface area contributed by atoms with Crippen LogP contribution >= 0.6 is 0 Å². The van der Waals surface area contributed by atoms with Gasteiger partial charge in [0.15, 0.2) is 0 Å². The van der Waals surface area contributed by atoms with E-state index < -0.39 is 29.1 Å². The Bertz CT molecular complexity index is 459. The summed E-state index contributed by atoms with van der Waals surface area (Å²) in [5, 5.41) is 22.4. The molecule has 0 aromatic heterocycles. The molecule has 1 atom stereocenters. The summed E-state index contributed by atoms with van der Waals surface area (Å²) in [5.74, 6) is -1.10. The number of hydrogen-bond acceptors (Lipinski definition) is 4. The van der Waals surface area contributed by atoms with E-state index in [4.69, 9.17) is 10.6 Å². The molecule has 0 bridgehead atoms. The lowest BCUT2D eigenvalue weighted by atomic mass is 10.1. The summed E-state index contributed by atoms with van der Waals surface area (Å²) in [7, 11) is 0. The Balaban J connectivity index is 3.28. The van der Waals surface area contributed by atoms with Gasteiger partial charge in [0, 0.05) is 16.5 Å². The number of benzene rings is 1. The molecule has 0 aliphatic carbocycles. The van der Waals surface area contributed by atoms with Crippen LogP contribution in [0.4, 0.5) is 10.1 Å². The molecule has 1 aromatic carbocycles. The molecule has 1 N–H and O–H groups in total. The van der Waals surface area contributed by atoms with Gasteiger partial charge in [-0.15, -0.1) is 0 Å². The predicted octanol–water partition coefficient (Wildman–Crippen LogP) is 2.08. The van der Waals surface area contributed by atoms with Crippen LogP contribution in [0.3, 0.4) is 0 Å². The van der Waals surface area contributed by atoms with Crippen molar-refractivity contribution >= 4 is 5.69 Å². The third-order valence-corrected chi connectivity index (χ3v) is 1.93. The maximum atomic E-state index is 13.5. The first-order valence-corrected chi connectivity index (χ1v) is 4.19. The average molecular weight is 226 g/mol. The summed E-state index contributed by atoms with van der Waals surface area (Å²) >= 11 is 0. The quantitative estimate of drug-likeness (QED) is 0.278. The van der Waals surface area contributed by atoms with E-state index in [1.165, 1.54) is 12.1 Å². The topological polar surface area (TPSA) is 112 Å². The first-order valence-electron chi connectivity index (χ1n) is 4.19. The Morgan fingerprint density at radius 1 is 1.69 bits per heavy atom. The lowest BCUT2D eigenvalue weighted by Gasteiger charge is -2.08. The highest BCUT2D eigenvalue weighted by molar-refractivity contribution is 5.38. The summed E-state index contributed by atoms with van der Waals surface area (Å²) in [6.07, 6.45) is 0. The minimum Gasteiger partial charge on any atom is -0.396 e. The molecule has 0 spiro atoms. The van der Waals surface area contributed by atoms with E-state index in [1.54, 1.807) is 0 Å². The monoisotopic (exact) mass is 226 g/mol. The van der Waals surface area contributed by atoms with Gasteiger partial charge in [0.2, 0.25) is 5.82 Å². The lowest BCUT2D eigenvalue weighted by Crippen LogP contribution is -2.05. The summed E-state index contributed by atoms with van der Waals surface area (Å²) in [4.78, 5) is 12.0. The third kappa shape index (κ3) is 2.25. The number of halogens is 1. The molecule has 0 saturated heterocycles. The molecule has 84 valence electrons. The van der Waals surface area contributed by atoms with Crippen molar-refractivity contribution in [3.8, 4) is 0 Å². The summed E-state index contributed by atoms with van der Waals surface area (Å²) in [6.45, 7) is -0.623. The minimum absolute atomic E-state index is 0.200. The molecule has 1 unspecified atom stereocenters. The number of azide groups is 1. The summed E-state index contributed by atoms with van der Waals surface area (Å²) in [6, 6.07) is 2.30. The minimum atomic E-state index is -1.16. The van der Waals surface area contributed by atoms with Crippen molar-refractivity contribution in [1.82, 2.24) is 0 Å². The number of nitro benzene ring substituents is 1. The first-order chi connectivity index (χ1) is 7.61. The molecule has 1 aromatic rings. The first kappa shape index (κ1) is 11.9. The number of rotatable bonds is 4. The SMILES string of the molecule is [N-]=[N+]=NC(CO)c1cccc([N+](=O)[O-])c1F. The Labute approximate surface area is 88.9 Å². The average Bonchev–Trinajstić information content (AvgIpc) is 2.26. The molecule has 8 heteroatoms. The third-order valence-electron chi connectivity index (χ3n) is 1.93. The van der Waals surface area contributed by atoms with Crippen LogP contribution in [0.1, 0.15) is 11.6 Å². The van der Waals surface area contributed by atoms with E-state index in [-0.39, 0.29) is 5.56 Å². The van der Waals surface area contributed by atoms with Crippen molar-refractivity contribution in [3.05, 3.63) is 50.1 Å². The van der Waals surface area contributed by atoms with Crippen LogP contribution in [0.2, 0.25) is 0 Å². The second kappa shape index (κ2) is 5.06. The molecule has 0 amide bonds. The molecule has 1 rings (SSSR count). The zero-order valence-corrected chi connectivity index (χ0v) is 7.95. The summed E-state index contributed by atoms with van der Waals surface area (Å²) in [5.41, 5.74) is 7.27. The van der Waals surface area contributed by atoms with Crippen LogP contribution in [0.25, 0.3) is 10.4 Å². The molecule has 0 aliphatic heterocycles. The van der Waals surface area contributed by atoms with Gasteiger partial charge < -0.3 is 5.11 Å². The van der Waals surface area contributed by atoms with Gasteiger partial charge in [0.1, 0.15) is 0 Å². The van der Waals surface area contributed by atoms with Gasteiger partial charge in [-0.05, 0) is 5.53 Å². The second-order valence-electron chi connectivity index (χ2n) is 2.84. The van der Waals surface area contributed by atoms with Gasteiger partial charge in [-0.3, -0.25) is 10.1 Å². The highest BCUT2D eigenvalue weighted by Crippen LogP contribution is 2.26. The number of aliphatic hydroxyl groups excluding tert-OH is 1. The molecule has 0 radical (unpaired) electrons. The maximum absolute atomic E-state index is 13.5. The van der Waals surface area contributed by atoms with E-state index >= 15 is 0 Å². The van der Waals surface area contributed by atoms with E-state index in [9.17, 15) is 14.5 Å². The van der Waals surface area contributed by atoms with Crippen LogP contribution in [-0.4, -0.2) is 16.6 Å². The fourth-order valence-electron chi connectivity index (χ4n) is 1.19. The fraction of sp³-hybridized carbons (Fsp3) is 0.250. The number of nitrogens with zero attached hydrogens (tertiary/aromatic N) is 4. The smallest absolute Gasteiger partial charge is 0.305 e. The van der Waals surface area contributed by atoms with Gasteiger partial charge in [0.25, 0.3) is 0 Å². The van der Waals surface area contributed by atoms with Crippen LogP contribution in [0.5, 0.6) is 0 Å². The van der Waals surface area contributed by atoms with E-state index in [1.807, 2.05) is 0 Å². The Morgan fingerprint density at radius 2 is 2.38 bits per heavy atom. The molecular weight excluding hydrogens is 219 g/mol. The summed E-state index contributed by atoms with van der Waals surface area (Å²) < 4.78 is 13.5. The highest BCUT2D eigenvalue weighted by Gasteiger charge is 2.21. The maximum Gasteiger partial charge on any atom is 0.305 e. The largest absolute Gasteiger partial charge is 0.396 e. The van der Waals surface area contributed by atoms with Crippen molar-refractivity contribution in [3.63, 3.8) is 0 Å². The molecule has 0 aliphatic rings. The molecule has 0 heterocycles. The van der Waals surface area contributed by atoms with Crippen molar-refractivity contribution in [2.24, 2.45) is 5.11 Å². The number of aliphatic hydroxyl groups is 1. The Kier molecular flexibility index (Phi) is 3.76. The van der Waals surface area contributed by atoms with Gasteiger partial charge in [-0.25, -0.2) is 0 Å². The fourth-order valence-corrected chi connectivity index (χ4v) is 1.19. The van der Waals surface area contributed by atoms with E-state index in [0.717, 1.165) is 6.07 Å². The molecular formula is C8H7FN4O3. The van der Waals surface area contributed by atoms with E-state index in [2.05, 4.69) is 10.0 Å². The lowest BCUT2D eigenvalue weighted by molar-refractivity contribution is -0.387. The van der Waals surface area contributed by atoms with Gasteiger partial charge in [0.05, 0.1) is 17.6 Å². The molecule has 16 heavy (non-hydrogen) atoms. The normalized spacial score (nSPS) is 11.6. The van der Waals surface area contributed by atoms with Crippen LogP contribution in [0.15, 0.2) is 23.3 Å². The predicted molar refractivity (Wildman–Crippen MR) is 52.0 cm³/mol. The van der Waals surface area contributed by atoms with Crippen molar-refractivity contribution in [2.45, 2.75) is 6.04 Å². The van der Waals surface area contributed by atoms with E-state index in [0.29, 0.717) is 0 Å². The van der Waals surface area contributed by atoms with Crippen LogP contribution in [-0.2, 0) is 0 Å². The Morgan fingerprint density at radius 3 is 2.88 bits per heavy atom. The molecule has 0 saturated carbocycles. The number of nitro groups is 1. The zero-order valence-electron chi connectivity index (χ0n) is 7.95. The van der Waals surface area contributed by atoms with Crippen LogP contribution < -0.4 is 0 Å². The molecule has 7 nitrogen and oxygen atoms in total. The van der Waals surface area contributed by atoms with Crippen LogP contribution in [0, 0.1) is 15.9 Å². The highest BCUT2D eigenvalue weighted by atomic mass is 19.1. The standard InChI is InChI=1S/C8H7FN4O3/c9-8-5(6(4-14)11-12-10)2-1-3-7(8)13(15)16/h1-3,6,14H,4H2. The second-order valence-corrected chi connectivity index (χ2v) is 2.84.